The van der Waals surface area contributed by atoms with Crippen molar-refractivity contribution in [1.82, 2.24) is 15.1 Å². The Morgan fingerprint density at radius 1 is 1.44 bits per heavy atom. The number of rotatable bonds is 6. The fourth-order valence-corrected chi connectivity index (χ4v) is 2.98. The molecule has 0 fully saturated rings. The summed E-state index contributed by atoms with van der Waals surface area (Å²) < 4.78 is 1.92. The van der Waals surface area contributed by atoms with Crippen LogP contribution in [0.5, 0.6) is 0 Å². The quantitative estimate of drug-likeness (QED) is 0.868. The van der Waals surface area contributed by atoms with Gasteiger partial charge < -0.3 is 5.32 Å². The van der Waals surface area contributed by atoms with Gasteiger partial charge in [0.15, 0.2) is 0 Å². The lowest BCUT2D eigenvalue weighted by Gasteiger charge is -2.17. The minimum Gasteiger partial charge on any atom is -0.310 e. The first-order chi connectivity index (χ1) is 8.74. The zero-order valence-corrected chi connectivity index (χ0v) is 12.1. The van der Waals surface area contributed by atoms with Crippen LogP contribution in [0.3, 0.4) is 0 Å². The van der Waals surface area contributed by atoms with E-state index in [0.717, 1.165) is 19.4 Å². The first-order valence-corrected chi connectivity index (χ1v) is 7.45. The number of hydrogen-bond acceptors (Lipinski definition) is 3. The predicted molar refractivity (Wildman–Crippen MR) is 77.0 cm³/mol. The van der Waals surface area contributed by atoms with Gasteiger partial charge in [-0.3, -0.25) is 4.68 Å². The molecule has 1 N–H and O–H groups in total. The second-order valence-corrected chi connectivity index (χ2v) is 5.28. The summed E-state index contributed by atoms with van der Waals surface area (Å²) in [6, 6.07) is 2.57. The number of nitrogens with one attached hydrogen (secondary N) is 1. The van der Waals surface area contributed by atoms with Crippen LogP contribution in [0.4, 0.5) is 0 Å². The minimum absolute atomic E-state index is 0.369. The lowest BCUT2D eigenvalue weighted by molar-refractivity contribution is 0.546. The largest absolute Gasteiger partial charge is 0.310 e. The van der Waals surface area contributed by atoms with Crippen LogP contribution in [0.15, 0.2) is 23.0 Å². The molecule has 1 unspecified atom stereocenters. The number of nitrogens with zero attached hydrogens (tertiary/aromatic N) is 2. The second kappa shape index (κ2) is 6.16. The number of hydrogen-bond donors (Lipinski definition) is 1. The van der Waals surface area contributed by atoms with Gasteiger partial charge in [-0.25, -0.2) is 0 Å². The van der Waals surface area contributed by atoms with E-state index in [1.54, 1.807) is 11.3 Å². The third-order valence-corrected chi connectivity index (χ3v) is 3.85. The molecule has 0 radical (unpaired) electrons. The van der Waals surface area contributed by atoms with Crippen LogP contribution in [0.2, 0.25) is 0 Å². The zero-order valence-electron chi connectivity index (χ0n) is 11.3. The summed E-state index contributed by atoms with van der Waals surface area (Å²) in [6.45, 7) is 5.30. The molecule has 0 saturated heterocycles. The lowest BCUT2D eigenvalue weighted by Crippen LogP contribution is -2.23. The third kappa shape index (κ3) is 3.00. The van der Waals surface area contributed by atoms with Crippen molar-refractivity contribution in [2.75, 3.05) is 6.54 Å². The maximum Gasteiger partial charge on any atom is 0.0669 e. The highest BCUT2D eigenvalue weighted by atomic mass is 32.1. The third-order valence-electron chi connectivity index (χ3n) is 3.12. The number of aryl methyl sites for hydroxylation is 2. The lowest BCUT2D eigenvalue weighted by atomic mass is 10.00. The minimum atomic E-state index is 0.369. The molecule has 18 heavy (non-hydrogen) atoms. The van der Waals surface area contributed by atoms with Crippen LogP contribution < -0.4 is 5.32 Å². The highest BCUT2D eigenvalue weighted by Crippen LogP contribution is 2.22. The Morgan fingerprint density at radius 2 is 2.28 bits per heavy atom. The van der Waals surface area contributed by atoms with Crippen molar-refractivity contribution >= 4 is 11.3 Å². The molecule has 2 heterocycles. The van der Waals surface area contributed by atoms with E-state index in [1.165, 1.54) is 16.8 Å². The van der Waals surface area contributed by atoms with E-state index in [2.05, 4.69) is 47.3 Å². The molecule has 3 nitrogen and oxygen atoms in total. The van der Waals surface area contributed by atoms with E-state index in [1.807, 2.05) is 11.7 Å². The Hall–Kier alpha value is -1.13. The van der Waals surface area contributed by atoms with Crippen molar-refractivity contribution in [3.63, 3.8) is 0 Å². The van der Waals surface area contributed by atoms with Gasteiger partial charge in [-0.2, -0.15) is 16.4 Å². The van der Waals surface area contributed by atoms with Gasteiger partial charge in [-0.15, -0.1) is 0 Å². The Labute approximate surface area is 113 Å². The first kappa shape index (κ1) is 13.3. The van der Waals surface area contributed by atoms with Crippen LogP contribution in [0.25, 0.3) is 0 Å². The fraction of sp³-hybridized carbons (Fsp3) is 0.500. The van der Waals surface area contributed by atoms with Crippen LogP contribution in [-0.4, -0.2) is 16.3 Å². The molecule has 2 rings (SSSR count). The molecule has 2 aromatic heterocycles. The molecule has 0 aliphatic heterocycles. The molecule has 2 aromatic rings. The van der Waals surface area contributed by atoms with E-state index in [0.29, 0.717) is 6.04 Å². The molecule has 98 valence electrons. The van der Waals surface area contributed by atoms with Gasteiger partial charge in [0.05, 0.1) is 5.69 Å². The smallest absolute Gasteiger partial charge is 0.0669 e. The summed E-state index contributed by atoms with van der Waals surface area (Å²) in [7, 11) is 2.00. The van der Waals surface area contributed by atoms with Crippen LogP contribution in [-0.2, 0) is 19.9 Å². The highest BCUT2D eigenvalue weighted by Gasteiger charge is 2.17. The Kier molecular flexibility index (Phi) is 4.55. The zero-order chi connectivity index (χ0) is 13.0. The van der Waals surface area contributed by atoms with Gasteiger partial charge in [-0.1, -0.05) is 13.8 Å². The molecule has 4 heteroatoms. The molecular weight excluding hydrogens is 242 g/mol. The average Bonchev–Trinajstić information content (AvgIpc) is 2.97. The van der Waals surface area contributed by atoms with Gasteiger partial charge in [0.25, 0.3) is 0 Å². The maximum atomic E-state index is 4.54. The second-order valence-electron chi connectivity index (χ2n) is 4.50. The number of likely N-dealkylation sites (N-methyl/N-ethyl adjacent to an activating group) is 1. The van der Waals surface area contributed by atoms with E-state index >= 15 is 0 Å². The van der Waals surface area contributed by atoms with E-state index < -0.39 is 0 Å². The van der Waals surface area contributed by atoms with Crippen molar-refractivity contribution in [3.8, 4) is 0 Å². The van der Waals surface area contributed by atoms with E-state index in [4.69, 9.17) is 0 Å². The molecule has 0 aromatic carbocycles. The molecule has 0 aliphatic rings. The monoisotopic (exact) mass is 263 g/mol. The van der Waals surface area contributed by atoms with Gasteiger partial charge in [0, 0.05) is 24.8 Å². The Morgan fingerprint density at radius 3 is 2.89 bits per heavy atom. The summed E-state index contributed by atoms with van der Waals surface area (Å²) in [6.07, 6.45) is 4.18. The van der Waals surface area contributed by atoms with Crippen molar-refractivity contribution in [1.29, 1.82) is 0 Å². The summed E-state index contributed by atoms with van der Waals surface area (Å²) in [5, 5.41) is 12.5. The molecule has 1 atom stereocenters. The Balaban J connectivity index is 2.22. The van der Waals surface area contributed by atoms with Crippen molar-refractivity contribution in [3.05, 3.63) is 39.8 Å². The van der Waals surface area contributed by atoms with Crippen molar-refractivity contribution < 1.29 is 0 Å². The predicted octanol–water partition coefficient (Wildman–Crippen LogP) is 2.94. The van der Waals surface area contributed by atoms with Crippen molar-refractivity contribution in [2.24, 2.45) is 7.05 Å². The van der Waals surface area contributed by atoms with E-state index in [9.17, 15) is 0 Å². The molecule has 0 bridgehead atoms. The molecule has 0 amide bonds. The molecule has 0 saturated carbocycles. The van der Waals surface area contributed by atoms with Gasteiger partial charge in [0.2, 0.25) is 0 Å². The molecule has 0 aliphatic carbocycles. The fourth-order valence-electron chi connectivity index (χ4n) is 2.30. The normalized spacial score (nSPS) is 12.8. The van der Waals surface area contributed by atoms with Crippen LogP contribution in [0, 0.1) is 0 Å². The van der Waals surface area contributed by atoms with Gasteiger partial charge >= 0.3 is 0 Å². The van der Waals surface area contributed by atoms with Crippen LogP contribution >= 0.6 is 11.3 Å². The summed E-state index contributed by atoms with van der Waals surface area (Å²) in [5.41, 5.74) is 3.95. The maximum absolute atomic E-state index is 4.54. The van der Waals surface area contributed by atoms with Crippen molar-refractivity contribution in [2.45, 2.75) is 32.7 Å². The number of aromatic nitrogens is 2. The first-order valence-electron chi connectivity index (χ1n) is 6.51. The molecular formula is C14H21N3S. The van der Waals surface area contributed by atoms with Crippen LogP contribution in [0.1, 0.15) is 36.7 Å². The van der Waals surface area contributed by atoms with E-state index in [-0.39, 0.29) is 0 Å². The Bertz CT molecular complexity index is 473. The van der Waals surface area contributed by atoms with Gasteiger partial charge in [-0.05, 0) is 41.8 Å². The standard InChI is InChI=1S/C14H21N3S/c1-4-13-12(9-17(3)16-13)14(15-5-2)8-11-6-7-18-10-11/h6-7,9-10,14-15H,4-5,8H2,1-3H3. The number of thiophene rings is 1. The molecule has 0 spiro atoms. The summed E-state index contributed by atoms with van der Waals surface area (Å²) in [4.78, 5) is 0. The SMILES string of the molecule is CCNC(Cc1ccsc1)c1cn(C)nc1CC. The topological polar surface area (TPSA) is 29.9 Å². The van der Waals surface area contributed by atoms with Gasteiger partial charge in [0.1, 0.15) is 0 Å². The summed E-state index contributed by atoms with van der Waals surface area (Å²) in [5.74, 6) is 0. The summed E-state index contributed by atoms with van der Waals surface area (Å²) >= 11 is 1.76. The average molecular weight is 263 g/mol. The highest BCUT2D eigenvalue weighted by molar-refractivity contribution is 7.07.